The van der Waals surface area contributed by atoms with Gasteiger partial charge in [0, 0.05) is 6.04 Å². The van der Waals surface area contributed by atoms with E-state index in [0.717, 1.165) is 12.8 Å². The maximum atomic E-state index is 12.4. The predicted molar refractivity (Wildman–Crippen MR) is 118 cm³/mol. The molecule has 1 amide bonds. The van der Waals surface area contributed by atoms with Crippen LogP contribution < -0.4 is 19.5 Å². The Kier molecular flexibility index (Phi) is 9.18. The molecule has 7 nitrogen and oxygen atoms in total. The van der Waals surface area contributed by atoms with Gasteiger partial charge in [0.05, 0.1) is 27.8 Å². The molecule has 1 N–H and O–H groups in total. The lowest BCUT2D eigenvalue weighted by atomic mass is 10.1. The number of esters is 1. The third-order valence-electron chi connectivity index (χ3n) is 4.85. The van der Waals surface area contributed by atoms with E-state index >= 15 is 0 Å². The number of carbonyl (C=O) groups is 2. The van der Waals surface area contributed by atoms with Crippen molar-refractivity contribution in [3.63, 3.8) is 0 Å². The van der Waals surface area contributed by atoms with Crippen LogP contribution >= 0.6 is 0 Å². The fraction of sp³-hybridized carbons (Fsp3) is 0.417. The van der Waals surface area contributed by atoms with Crippen LogP contribution in [0.5, 0.6) is 17.2 Å². The smallest absolute Gasteiger partial charge is 0.311 e. The summed E-state index contributed by atoms with van der Waals surface area (Å²) in [6, 6.07) is 13.4. The van der Waals surface area contributed by atoms with E-state index in [0.29, 0.717) is 22.8 Å². The second-order valence-corrected chi connectivity index (χ2v) is 7.28. The van der Waals surface area contributed by atoms with Gasteiger partial charge in [-0.25, -0.2) is 0 Å². The second kappa shape index (κ2) is 11.8. The Morgan fingerprint density at radius 2 is 1.52 bits per heavy atom. The molecule has 2 aromatic carbocycles. The third-order valence-corrected chi connectivity index (χ3v) is 4.85. The Balaban J connectivity index is 1.87. The number of amides is 1. The lowest BCUT2D eigenvalue weighted by Crippen LogP contribution is -2.41. The van der Waals surface area contributed by atoms with E-state index in [-0.39, 0.29) is 18.4 Å². The van der Waals surface area contributed by atoms with Crippen LogP contribution in [0.4, 0.5) is 0 Å². The standard InChI is InChI=1S/C24H31NO6/c1-16(11-12-18-9-7-6-8-10-18)25-24(27)17(2)31-22(26)15-19-13-20(28-3)23(30-5)21(14-19)29-4/h6-10,13-14,16-17H,11-12,15H2,1-5H3,(H,25,27)/t16-,17+/m0/s1. The summed E-state index contributed by atoms with van der Waals surface area (Å²) in [5.41, 5.74) is 1.84. The first kappa shape index (κ1) is 24.1. The number of nitrogens with one attached hydrogen (secondary N) is 1. The quantitative estimate of drug-likeness (QED) is 0.552. The number of hydrogen-bond acceptors (Lipinski definition) is 6. The third kappa shape index (κ3) is 7.20. The van der Waals surface area contributed by atoms with Gasteiger partial charge in [0.15, 0.2) is 17.6 Å². The summed E-state index contributed by atoms with van der Waals surface area (Å²) in [6.45, 7) is 3.50. The van der Waals surface area contributed by atoms with Crippen LogP contribution in [0, 0.1) is 0 Å². The van der Waals surface area contributed by atoms with Gasteiger partial charge in [0.2, 0.25) is 5.75 Å². The zero-order valence-corrected chi connectivity index (χ0v) is 18.8. The molecule has 0 bridgehead atoms. The summed E-state index contributed by atoms with van der Waals surface area (Å²) >= 11 is 0. The highest BCUT2D eigenvalue weighted by Crippen LogP contribution is 2.38. The van der Waals surface area contributed by atoms with Crippen molar-refractivity contribution in [2.75, 3.05) is 21.3 Å². The van der Waals surface area contributed by atoms with Crippen molar-refractivity contribution in [2.24, 2.45) is 0 Å². The summed E-state index contributed by atoms with van der Waals surface area (Å²) < 4.78 is 21.2. The van der Waals surface area contributed by atoms with Gasteiger partial charge < -0.3 is 24.3 Å². The van der Waals surface area contributed by atoms with E-state index in [1.807, 2.05) is 25.1 Å². The van der Waals surface area contributed by atoms with Crippen LogP contribution in [0.1, 0.15) is 31.4 Å². The molecule has 0 fully saturated rings. The first-order valence-corrected chi connectivity index (χ1v) is 10.2. The average Bonchev–Trinajstić information content (AvgIpc) is 2.77. The highest BCUT2D eigenvalue weighted by atomic mass is 16.5. The molecule has 0 spiro atoms. The molecule has 0 radical (unpaired) electrons. The molecule has 7 heteroatoms. The molecular formula is C24H31NO6. The molecular weight excluding hydrogens is 398 g/mol. The number of benzene rings is 2. The largest absolute Gasteiger partial charge is 0.493 e. The molecule has 168 valence electrons. The number of ether oxygens (including phenoxy) is 4. The van der Waals surface area contributed by atoms with Gasteiger partial charge in [-0.1, -0.05) is 30.3 Å². The Morgan fingerprint density at radius 3 is 2.06 bits per heavy atom. The van der Waals surface area contributed by atoms with Crippen LogP contribution in [0.25, 0.3) is 0 Å². The summed E-state index contributed by atoms with van der Waals surface area (Å²) in [5, 5.41) is 2.90. The Bertz CT molecular complexity index is 843. The number of aryl methyl sites for hydroxylation is 1. The molecule has 0 saturated carbocycles. The van der Waals surface area contributed by atoms with E-state index in [1.165, 1.54) is 26.9 Å². The van der Waals surface area contributed by atoms with E-state index in [1.54, 1.807) is 19.1 Å². The minimum atomic E-state index is -0.895. The minimum absolute atomic E-state index is 0.0299. The van der Waals surface area contributed by atoms with Gasteiger partial charge in [-0.15, -0.1) is 0 Å². The van der Waals surface area contributed by atoms with Crippen LogP contribution in [-0.2, 0) is 27.2 Å². The average molecular weight is 430 g/mol. The highest BCUT2D eigenvalue weighted by molar-refractivity contribution is 5.84. The maximum absolute atomic E-state index is 12.4. The number of methoxy groups -OCH3 is 3. The molecule has 0 aliphatic heterocycles. The van der Waals surface area contributed by atoms with Crippen molar-refractivity contribution in [3.05, 3.63) is 53.6 Å². The van der Waals surface area contributed by atoms with Gasteiger partial charge in [-0.05, 0) is 49.9 Å². The Morgan fingerprint density at radius 1 is 0.903 bits per heavy atom. The van der Waals surface area contributed by atoms with Crippen molar-refractivity contribution >= 4 is 11.9 Å². The Hall–Kier alpha value is -3.22. The zero-order valence-electron chi connectivity index (χ0n) is 18.8. The molecule has 2 atom stereocenters. The van der Waals surface area contributed by atoms with Crippen LogP contribution in [0.2, 0.25) is 0 Å². The minimum Gasteiger partial charge on any atom is -0.493 e. The lowest BCUT2D eigenvalue weighted by molar-refractivity contribution is -0.154. The fourth-order valence-corrected chi connectivity index (χ4v) is 3.16. The zero-order chi connectivity index (χ0) is 22.8. The molecule has 0 heterocycles. The van der Waals surface area contributed by atoms with E-state index in [4.69, 9.17) is 18.9 Å². The van der Waals surface area contributed by atoms with Crippen molar-refractivity contribution in [2.45, 2.75) is 45.3 Å². The summed E-state index contributed by atoms with van der Waals surface area (Å²) in [4.78, 5) is 24.8. The van der Waals surface area contributed by atoms with Gasteiger partial charge in [-0.3, -0.25) is 9.59 Å². The van der Waals surface area contributed by atoms with Crippen molar-refractivity contribution < 1.29 is 28.5 Å². The van der Waals surface area contributed by atoms with Crippen molar-refractivity contribution in [1.82, 2.24) is 5.32 Å². The van der Waals surface area contributed by atoms with Gasteiger partial charge >= 0.3 is 5.97 Å². The highest BCUT2D eigenvalue weighted by Gasteiger charge is 2.21. The SMILES string of the molecule is COc1cc(CC(=O)O[C@H](C)C(=O)N[C@@H](C)CCc2ccccc2)cc(OC)c1OC. The van der Waals surface area contributed by atoms with E-state index < -0.39 is 12.1 Å². The summed E-state index contributed by atoms with van der Waals surface area (Å²) in [5.74, 6) is 0.498. The number of hydrogen-bond donors (Lipinski definition) is 1. The van der Waals surface area contributed by atoms with Gasteiger partial charge in [0.25, 0.3) is 5.91 Å². The summed E-state index contributed by atoms with van der Waals surface area (Å²) in [7, 11) is 4.52. The van der Waals surface area contributed by atoms with Crippen molar-refractivity contribution in [3.8, 4) is 17.2 Å². The normalized spacial score (nSPS) is 12.4. The van der Waals surface area contributed by atoms with Crippen LogP contribution in [0.3, 0.4) is 0 Å². The number of rotatable bonds is 11. The van der Waals surface area contributed by atoms with Crippen LogP contribution in [-0.4, -0.2) is 45.4 Å². The molecule has 2 rings (SSSR count). The molecule has 0 unspecified atom stereocenters. The van der Waals surface area contributed by atoms with Gasteiger partial charge in [-0.2, -0.15) is 0 Å². The van der Waals surface area contributed by atoms with E-state index in [9.17, 15) is 9.59 Å². The first-order valence-electron chi connectivity index (χ1n) is 10.2. The topological polar surface area (TPSA) is 83.1 Å². The first-order chi connectivity index (χ1) is 14.9. The second-order valence-electron chi connectivity index (χ2n) is 7.28. The molecule has 0 aliphatic carbocycles. The maximum Gasteiger partial charge on any atom is 0.311 e. The Labute approximate surface area is 183 Å². The van der Waals surface area contributed by atoms with E-state index in [2.05, 4.69) is 17.4 Å². The summed E-state index contributed by atoms with van der Waals surface area (Å²) in [6.07, 6.45) is 0.728. The molecule has 0 aromatic heterocycles. The molecule has 0 aliphatic rings. The molecule has 31 heavy (non-hydrogen) atoms. The fourth-order valence-electron chi connectivity index (χ4n) is 3.16. The monoisotopic (exact) mass is 429 g/mol. The number of carbonyl (C=O) groups excluding carboxylic acids is 2. The van der Waals surface area contributed by atoms with Crippen LogP contribution in [0.15, 0.2) is 42.5 Å². The predicted octanol–water partition coefficient (Wildman–Crippen LogP) is 3.32. The van der Waals surface area contributed by atoms with Crippen molar-refractivity contribution in [1.29, 1.82) is 0 Å². The molecule has 0 saturated heterocycles. The molecule has 2 aromatic rings. The van der Waals surface area contributed by atoms with Gasteiger partial charge in [0.1, 0.15) is 0 Å². The lowest BCUT2D eigenvalue weighted by Gasteiger charge is -2.18.